The molecular formula is C64H150. The van der Waals surface area contributed by atoms with Gasteiger partial charge in [0.05, 0.1) is 0 Å². The van der Waals surface area contributed by atoms with E-state index in [-0.39, 0.29) is 0 Å². The van der Waals surface area contributed by atoms with Crippen LogP contribution in [-0.2, 0) is 0 Å². The van der Waals surface area contributed by atoms with Gasteiger partial charge in [0.25, 0.3) is 0 Å². The molecule has 64 heavy (non-hydrogen) atoms. The predicted molar refractivity (Wildman–Crippen MR) is 319 cm³/mol. The van der Waals surface area contributed by atoms with Crippen LogP contribution in [0.4, 0.5) is 0 Å². The lowest BCUT2D eigenvalue weighted by Gasteiger charge is -2.10. The van der Waals surface area contributed by atoms with Gasteiger partial charge in [0, 0.05) is 0 Å². The second-order valence-corrected chi connectivity index (χ2v) is 19.1. The van der Waals surface area contributed by atoms with E-state index in [0.29, 0.717) is 0 Å². The largest absolute Gasteiger partial charge is 0.0683 e. The van der Waals surface area contributed by atoms with E-state index in [0.717, 1.165) is 17.8 Å². The highest BCUT2D eigenvalue weighted by molar-refractivity contribution is 4.54. The Morgan fingerprint density at radius 1 is 0.219 bits per heavy atom. The molecule has 0 unspecified atom stereocenters. The maximum Gasteiger partial charge on any atom is -0.0420 e. The lowest BCUT2D eigenvalue weighted by atomic mass is 9.96. The van der Waals surface area contributed by atoms with Crippen molar-refractivity contribution in [3.63, 3.8) is 0 Å². The lowest BCUT2D eigenvalue weighted by molar-refractivity contribution is 0.429. The van der Waals surface area contributed by atoms with Crippen LogP contribution in [0.3, 0.4) is 0 Å². The lowest BCUT2D eigenvalue weighted by Crippen LogP contribution is -1.95. The Morgan fingerprint density at radius 3 is 0.516 bits per heavy atom. The molecule has 0 N–H and O–H groups in total. The summed E-state index contributed by atoms with van der Waals surface area (Å²) in [6.07, 6.45) is 50.2. The maximum atomic E-state index is 2.31. The first kappa shape index (κ1) is 90.4. The van der Waals surface area contributed by atoms with Gasteiger partial charge in [-0.05, 0) is 17.8 Å². The van der Waals surface area contributed by atoms with E-state index < -0.39 is 0 Å². The van der Waals surface area contributed by atoms with Gasteiger partial charge >= 0.3 is 0 Å². The molecule has 0 spiro atoms. The number of unbranched alkanes of at least 4 members (excludes halogenated alkanes) is 24. The SMILES string of the molecule is CC.CC(C)C.CCC.CCC(C)C.CCCC.CCCCC.CCCCCC.CCCCCCC.CCCCCCC(CC)CC.CCCCCCCC.CCCCCCCCC. The smallest absolute Gasteiger partial charge is 0.0420 e. The van der Waals surface area contributed by atoms with Crippen molar-refractivity contribution in [3.8, 4) is 0 Å². The molecule has 0 heterocycles. The van der Waals surface area contributed by atoms with Crippen LogP contribution in [0.2, 0.25) is 0 Å². The van der Waals surface area contributed by atoms with Crippen molar-refractivity contribution < 1.29 is 0 Å². The van der Waals surface area contributed by atoms with Gasteiger partial charge in [-0.2, -0.15) is 0 Å². The summed E-state index contributed by atoms with van der Waals surface area (Å²) in [6.45, 7) is 55.1. The first-order chi connectivity index (χ1) is 30.7. The third kappa shape index (κ3) is 212. The Morgan fingerprint density at radius 2 is 0.375 bits per heavy atom. The van der Waals surface area contributed by atoms with Gasteiger partial charge in [-0.1, -0.05) is 404 Å². The van der Waals surface area contributed by atoms with E-state index in [4.69, 9.17) is 0 Å². The molecular weight excluding hydrogens is 769 g/mol. The summed E-state index contributed by atoms with van der Waals surface area (Å²) >= 11 is 0. The Labute approximate surface area is 420 Å². The van der Waals surface area contributed by atoms with Crippen molar-refractivity contribution in [1.29, 1.82) is 0 Å². The zero-order valence-electron chi connectivity index (χ0n) is 52.2. The maximum absolute atomic E-state index is 2.31. The summed E-state index contributed by atoms with van der Waals surface area (Å²) in [4.78, 5) is 0. The van der Waals surface area contributed by atoms with E-state index in [1.54, 1.807) is 0 Å². The van der Waals surface area contributed by atoms with E-state index in [2.05, 4.69) is 159 Å². The molecule has 0 amide bonds. The molecule has 0 nitrogen and oxygen atoms in total. The van der Waals surface area contributed by atoms with Crippen molar-refractivity contribution in [2.24, 2.45) is 17.8 Å². The van der Waals surface area contributed by atoms with Gasteiger partial charge in [-0.25, -0.2) is 0 Å². The summed E-state index contributed by atoms with van der Waals surface area (Å²) < 4.78 is 0. The Balaban J connectivity index is -0.0000000551. The topological polar surface area (TPSA) is 0 Å². The second-order valence-electron chi connectivity index (χ2n) is 19.1. The average Bonchev–Trinajstić information content (AvgIpc) is 3.30. The zero-order valence-corrected chi connectivity index (χ0v) is 52.2. The van der Waals surface area contributed by atoms with E-state index in [9.17, 15) is 0 Å². The van der Waals surface area contributed by atoms with Gasteiger partial charge in [-0.15, -0.1) is 0 Å². The van der Waals surface area contributed by atoms with Gasteiger partial charge in [0.1, 0.15) is 0 Å². The van der Waals surface area contributed by atoms with Crippen molar-refractivity contribution in [2.45, 2.75) is 404 Å². The van der Waals surface area contributed by atoms with Crippen LogP contribution in [0.5, 0.6) is 0 Å². The molecule has 0 aliphatic rings. The van der Waals surface area contributed by atoms with Crippen LogP contribution in [0.25, 0.3) is 0 Å². The summed E-state index contributed by atoms with van der Waals surface area (Å²) in [5.41, 5.74) is 0. The molecule has 0 atom stereocenters. The summed E-state index contributed by atoms with van der Waals surface area (Å²) in [5.74, 6) is 2.72. The third-order valence-corrected chi connectivity index (χ3v) is 9.97. The summed E-state index contributed by atoms with van der Waals surface area (Å²) in [6, 6.07) is 0. The molecule has 0 aromatic rings. The van der Waals surface area contributed by atoms with Gasteiger partial charge in [0.2, 0.25) is 0 Å². The molecule has 0 aromatic heterocycles. The average molecular weight is 920 g/mol. The second kappa shape index (κ2) is 120. The van der Waals surface area contributed by atoms with Gasteiger partial charge in [-0.3, -0.25) is 0 Å². The number of hydrogen-bond donors (Lipinski definition) is 0. The highest BCUT2D eigenvalue weighted by Crippen LogP contribution is 2.16. The highest BCUT2D eigenvalue weighted by Gasteiger charge is 2.01. The Kier molecular flexibility index (Phi) is 169. The monoisotopic (exact) mass is 919 g/mol. The minimum atomic E-state index is 0.833. The first-order valence-electron chi connectivity index (χ1n) is 30.7. The minimum absolute atomic E-state index is 0.833. The van der Waals surface area contributed by atoms with Gasteiger partial charge < -0.3 is 0 Å². The van der Waals surface area contributed by atoms with E-state index in [1.165, 1.54) is 231 Å². The summed E-state index contributed by atoms with van der Waals surface area (Å²) in [5, 5.41) is 0. The molecule has 0 aliphatic heterocycles. The van der Waals surface area contributed by atoms with Crippen molar-refractivity contribution in [1.82, 2.24) is 0 Å². The van der Waals surface area contributed by atoms with E-state index >= 15 is 0 Å². The molecule has 0 radical (unpaired) electrons. The van der Waals surface area contributed by atoms with Gasteiger partial charge in [0.15, 0.2) is 0 Å². The molecule has 406 valence electrons. The Bertz CT molecular complexity index is 460. The molecule has 0 fully saturated rings. The van der Waals surface area contributed by atoms with Crippen LogP contribution in [-0.4, -0.2) is 0 Å². The summed E-state index contributed by atoms with van der Waals surface area (Å²) in [7, 11) is 0. The minimum Gasteiger partial charge on any atom is -0.0683 e. The molecule has 0 aliphatic carbocycles. The van der Waals surface area contributed by atoms with Crippen molar-refractivity contribution in [3.05, 3.63) is 0 Å². The normalized spacial score (nSPS) is 9.19. The molecule has 0 bridgehead atoms. The first-order valence-corrected chi connectivity index (χ1v) is 30.7. The van der Waals surface area contributed by atoms with Crippen LogP contribution in [0.15, 0.2) is 0 Å². The molecule has 0 saturated carbocycles. The Hall–Kier alpha value is 0. The fraction of sp³-hybridized carbons (Fsp3) is 1.00. The molecule has 0 aromatic carbocycles. The van der Waals surface area contributed by atoms with E-state index in [1.807, 2.05) is 13.8 Å². The standard InChI is InChI=1S/C11H24.C9H20.C8H18.C7H16.C6H14.2C5H12.2C4H10.C3H8.C2H6/c1-4-7-8-9-10-11(5-2)6-3;1-3-5-7-9-8-6-4-2;1-3-5-7-8-6-4-2;1-3-5-7-6-4-2;1-3-5-6-4-2;1-4-5(2)3;1-3-5-4-2;1-4(2)3;1-3-4-2;1-3-2;1-2/h11H,4-10H2,1-3H3;3-9H2,1-2H3;3-8H2,1-2H3;3-7H2,1-2H3;3-6H2,1-2H3;5H,4H2,1-3H3;3-5H2,1-2H3;4H,1-3H3;3-4H2,1-2H3;3H2,1-2H3;1-2H3. The predicted octanol–water partition coefficient (Wildman–Crippen LogP) is 27.2. The number of rotatable bonds is 29. The molecule has 0 heteroatoms. The van der Waals surface area contributed by atoms with Crippen molar-refractivity contribution >= 4 is 0 Å². The zero-order chi connectivity index (χ0) is 52.2. The quantitative estimate of drug-likeness (QED) is 0.0656. The van der Waals surface area contributed by atoms with Crippen LogP contribution in [0.1, 0.15) is 404 Å². The number of hydrogen-bond acceptors (Lipinski definition) is 0. The highest BCUT2D eigenvalue weighted by atomic mass is 14.1. The van der Waals surface area contributed by atoms with Crippen LogP contribution >= 0.6 is 0 Å². The third-order valence-electron chi connectivity index (χ3n) is 9.97. The molecule has 0 rings (SSSR count). The fourth-order valence-electron chi connectivity index (χ4n) is 4.97. The van der Waals surface area contributed by atoms with Crippen molar-refractivity contribution in [2.75, 3.05) is 0 Å². The molecule has 0 saturated heterocycles. The van der Waals surface area contributed by atoms with Crippen LogP contribution < -0.4 is 0 Å². The fourth-order valence-corrected chi connectivity index (χ4v) is 4.97. The van der Waals surface area contributed by atoms with Crippen LogP contribution in [0, 0.1) is 17.8 Å².